The Hall–Kier alpha value is -1.96. The Morgan fingerprint density at radius 3 is 2.36 bits per heavy atom. The Labute approximate surface area is 152 Å². The number of aromatic nitrogens is 1. The molecular weight excluding hydrogens is 340 g/mol. The normalized spacial score (nSPS) is 10.7. The van der Waals surface area contributed by atoms with Crippen LogP contribution in [0, 0.1) is 6.92 Å². The molecule has 1 aromatic carbocycles. The molecule has 6 nitrogen and oxygen atoms in total. The van der Waals surface area contributed by atoms with E-state index in [1.54, 1.807) is 19.1 Å². The van der Waals surface area contributed by atoms with Gasteiger partial charge in [-0.15, -0.1) is 11.3 Å². The number of amides is 1. The summed E-state index contributed by atoms with van der Waals surface area (Å²) in [6.07, 6.45) is 0. The predicted molar refractivity (Wildman–Crippen MR) is 97.3 cm³/mol. The van der Waals surface area contributed by atoms with E-state index in [-0.39, 0.29) is 5.91 Å². The van der Waals surface area contributed by atoms with Gasteiger partial charge in [-0.2, -0.15) is 0 Å². The first kappa shape index (κ1) is 19.4. The van der Waals surface area contributed by atoms with E-state index < -0.39 is 0 Å². The summed E-state index contributed by atoms with van der Waals surface area (Å²) in [4.78, 5) is 19.7. The van der Waals surface area contributed by atoms with Crippen molar-refractivity contribution in [3.05, 3.63) is 45.9 Å². The minimum Gasteiger partial charge on any atom is -0.486 e. The SMILES string of the molecule is COCCN(CCOC)C(=O)c1sc(COc2ccccc2)nc1C. The van der Waals surface area contributed by atoms with Crippen molar-refractivity contribution < 1.29 is 19.0 Å². The number of nitrogens with zero attached hydrogens (tertiary/aromatic N) is 2. The molecule has 0 fully saturated rings. The van der Waals surface area contributed by atoms with Gasteiger partial charge in [0.1, 0.15) is 22.2 Å². The van der Waals surface area contributed by atoms with Crippen molar-refractivity contribution in [3.63, 3.8) is 0 Å². The van der Waals surface area contributed by atoms with Crippen molar-refractivity contribution in [1.82, 2.24) is 9.88 Å². The molecule has 0 unspecified atom stereocenters. The number of thiazole rings is 1. The summed E-state index contributed by atoms with van der Waals surface area (Å²) in [5.74, 6) is 0.736. The van der Waals surface area contributed by atoms with Crippen molar-refractivity contribution in [3.8, 4) is 5.75 Å². The average molecular weight is 364 g/mol. The van der Waals surface area contributed by atoms with Gasteiger partial charge in [0, 0.05) is 27.3 Å². The fraction of sp³-hybridized carbons (Fsp3) is 0.444. The van der Waals surface area contributed by atoms with Crippen LogP contribution in [0.25, 0.3) is 0 Å². The van der Waals surface area contributed by atoms with Crippen molar-refractivity contribution in [1.29, 1.82) is 0 Å². The minimum atomic E-state index is -0.0462. The Morgan fingerprint density at radius 1 is 1.12 bits per heavy atom. The Kier molecular flexibility index (Phi) is 7.84. The van der Waals surface area contributed by atoms with Crippen molar-refractivity contribution in [2.24, 2.45) is 0 Å². The molecule has 25 heavy (non-hydrogen) atoms. The van der Waals surface area contributed by atoms with Crippen LogP contribution in [0.5, 0.6) is 5.75 Å². The van der Waals surface area contributed by atoms with Gasteiger partial charge in [-0.3, -0.25) is 4.79 Å². The molecule has 136 valence electrons. The second-order valence-corrected chi connectivity index (χ2v) is 6.49. The second-order valence-electron chi connectivity index (χ2n) is 5.40. The Balaban J connectivity index is 2.04. The zero-order chi connectivity index (χ0) is 18.1. The summed E-state index contributed by atoms with van der Waals surface area (Å²) in [6, 6.07) is 9.56. The molecule has 0 aliphatic rings. The monoisotopic (exact) mass is 364 g/mol. The lowest BCUT2D eigenvalue weighted by molar-refractivity contribution is 0.0631. The molecule has 0 radical (unpaired) electrons. The number of hydrogen-bond acceptors (Lipinski definition) is 6. The quantitative estimate of drug-likeness (QED) is 0.649. The third-order valence-electron chi connectivity index (χ3n) is 3.56. The van der Waals surface area contributed by atoms with Crippen LogP contribution in [0.15, 0.2) is 30.3 Å². The number of benzene rings is 1. The summed E-state index contributed by atoms with van der Waals surface area (Å²) >= 11 is 1.37. The first-order chi connectivity index (χ1) is 12.2. The number of rotatable bonds is 10. The summed E-state index contributed by atoms with van der Waals surface area (Å²) in [5, 5.41) is 0.781. The molecule has 2 rings (SSSR count). The van der Waals surface area contributed by atoms with Crippen molar-refractivity contribution in [2.75, 3.05) is 40.5 Å². The fourth-order valence-corrected chi connectivity index (χ4v) is 3.18. The average Bonchev–Trinajstić information content (AvgIpc) is 3.01. The molecule has 0 saturated carbocycles. The first-order valence-electron chi connectivity index (χ1n) is 8.07. The summed E-state index contributed by atoms with van der Waals surface area (Å²) in [7, 11) is 3.24. The van der Waals surface area contributed by atoms with Gasteiger partial charge in [0.15, 0.2) is 0 Å². The van der Waals surface area contributed by atoms with E-state index in [0.29, 0.717) is 37.8 Å². The zero-order valence-corrected chi connectivity index (χ0v) is 15.7. The number of aryl methyl sites for hydroxylation is 1. The third kappa shape index (κ3) is 5.81. The molecule has 0 bridgehead atoms. The van der Waals surface area contributed by atoms with E-state index >= 15 is 0 Å². The zero-order valence-electron chi connectivity index (χ0n) is 14.9. The highest BCUT2D eigenvalue weighted by atomic mass is 32.1. The van der Waals surface area contributed by atoms with Gasteiger partial charge in [0.25, 0.3) is 5.91 Å². The largest absolute Gasteiger partial charge is 0.486 e. The van der Waals surface area contributed by atoms with E-state index in [1.165, 1.54) is 11.3 Å². The second kappa shape index (κ2) is 10.1. The van der Waals surface area contributed by atoms with Gasteiger partial charge in [0.2, 0.25) is 0 Å². The van der Waals surface area contributed by atoms with Crippen LogP contribution in [-0.2, 0) is 16.1 Å². The van der Waals surface area contributed by atoms with Gasteiger partial charge in [0.05, 0.1) is 18.9 Å². The molecule has 0 N–H and O–H groups in total. The molecule has 1 heterocycles. The number of ether oxygens (including phenoxy) is 3. The Morgan fingerprint density at radius 2 is 1.76 bits per heavy atom. The Bertz CT molecular complexity index is 652. The summed E-state index contributed by atoms with van der Waals surface area (Å²) in [6.45, 7) is 4.20. The molecule has 0 spiro atoms. The van der Waals surface area contributed by atoms with E-state index in [4.69, 9.17) is 14.2 Å². The maximum Gasteiger partial charge on any atom is 0.266 e. The number of hydrogen-bond donors (Lipinski definition) is 0. The van der Waals surface area contributed by atoms with Gasteiger partial charge in [-0.1, -0.05) is 18.2 Å². The molecule has 0 atom stereocenters. The fourth-order valence-electron chi connectivity index (χ4n) is 2.24. The topological polar surface area (TPSA) is 60.9 Å². The van der Waals surface area contributed by atoms with Crippen molar-refractivity contribution >= 4 is 17.2 Å². The van der Waals surface area contributed by atoms with Crippen LogP contribution >= 0.6 is 11.3 Å². The molecule has 0 aliphatic carbocycles. The van der Waals surface area contributed by atoms with E-state index in [1.807, 2.05) is 37.3 Å². The molecule has 7 heteroatoms. The first-order valence-corrected chi connectivity index (χ1v) is 8.88. The molecule has 0 saturated heterocycles. The van der Waals surface area contributed by atoms with Gasteiger partial charge >= 0.3 is 0 Å². The molecule has 1 aromatic heterocycles. The minimum absolute atomic E-state index is 0.0462. The van der Waals surface area contributed by atoms with Gasteiger partial charge < -0.3 is 19.1 Å². The lowest BCUT2D eigenvalue weighted by Gasteiger charge is -2.21. The van der Waals surface area contributed by atoms with Gasteiger partial charge in [-0.25, -0.2) is 4.98 Å². The maximum atomic E-state index is 12.8. The van der Waals surface area contributed by atoms with E-state index in [0.717, 1.165) is 16.5 Å². The molecule has 1 amide bonds. The highest BCUT2D eigenvalue weighted by molar-refractivity contribution is 7.13. The molecule has 2 aromatic rings. The van der Waals surface area contributed by atoms with Gasteiger partial charge in [-0.05, 0) is 19.1 Å². The number of methoxy groups -OCH3 is 2. The highest BCUT2D eigenvalue weighted by Crippen LogP contribution is 2.22. The number of para-hydroxylation sites is 1. The van der Waals surface area contributed by atoms with Crippen LogP contribution in [0.2, 0.25) is 0 Å². The number of carbonyl (C=O) groups excluding carboxylic acids is 1. The van der Waals surface area contributed by atoms with Crippen LogP contribution in [0.1, 0.15) is 20.4 Å². The summed E-state index contributed by atoms with van der Waals surface area (Å²) < 4.78 is 15.9. The molecule has 0 aliphatic heterocycles. The van der Waals surface area contributed by atoms with Crippen LogP contribution in [0.3, 0.4) is 0 Å². The smallest absolute Gasteiger partial charge is 0.266 e. The van der Waals surface area contributed by atoms with Crippen LogP contribution < -0.4 is 4.74 Å². The maximum absolute atomic E-state index is 12.8. The van der Waals surface area contributed by atoms with Crippen molar-refractivity contribution in [2.45, 2.75) is 13.5 Å². The predicted octanol–water partition coefficient (Wildman–Crippen LogP) is 2.77. The molecular formula is C18H24N2O4S. The lowest BCUT2D eigenvalue weighted by atomic mass is 10.3. The van der Waals surface area contributed by atoms with E-state index in [2.05, 4.69) is 4.98 Å². The van der Waals surface area contributed by atoms with Crippen LogP contribution in [-0.4, -0.2) is 56.3 Å². The standard InChI is InChI=1S/C18H24N2O4S/c1-14-17(18(21)20(9-11-22-2)10-12-23-3)25-16(19-14)13-24-15-7-5-4-6-8-15/h4-8H,9-13H2,1-3H3. The van der Waals surface area contributed by atoms with E-state index in [9.17, 15) is 4.79 Å². The lowest BCUT2D eigenvalue weighted by Crippen LogP contribution is -2.36. The summed E-state index contributed by atoms with van der Waals surface area (Å²) in [5.41, 5.74) is 0.724. The third-order valence-corrected chi connectivity index (χ3v) is 4.68. The number of carbonyl (C=O) groups is 1. The highest BCUT2D eigenvalue weighted by Gasteiger charge is 2.21. The van der Waals surface area contributed by atoms with Crippen LogP contribution in [0.4, 0.5) is 0 Å².